The Labute approximate surface area is 59.8 Å². The smallest absolute Gasteiger partial charge is 0.230 e. The highest BCUT2D eigenvalue weighted by Crippen LogP contribution is 2.19. The van der Waals surface area contributed by atoms with Gasteiger partial charge in [-0.2, -0.15) is 0 Å². The molecule has 1 aliphatic heterocycles. The van der Waals surface area contributed by atoms with Crippen molar-refractivity contribution in [2.45, 2.75) is 20.3 Å². The summed E-state index contributed by atoms with van der Waals surface area (Å²) >= 11 is 0. The van der Waals surface area contributed by atoms with Gasteiger partial charge in [0.15, 0.2) is 0 Å². The minimum atomic E-state index is -0.135. The van der Waals surface area contributed by atoms with Crippen LogP contribution in [0.2, 0.25) is 0 Å². The number of carbonyl (C=O) groups is 2. The van der Waals surface area contributed by atoms with E-state index in [2.05, 4.69) is 5.32 Å². The molecule has 3 heteroatoms. The van der Waals surface area contributed by atoms with Crippen LogP contribution in [0.4, 0.5) is 0 Å². The van der Waals surface area contributed by atoms with E-state index in [1.165, 1.54) is 0 Å². The molecule has 1 rings (SSSR count). The van der Waals surface area contributed by atoms with Crippen LogP contribution in [-0.4, -0.2) is 11.8 Å². The molecule has 56 valence electrons. The molecule has 3 nitrogen and oxygen atoms in total. The zero-order valence-corrected chi connectivity index (χ0v) is 6.18. The summed E-state index contributed by atoms with van der Waals surface area (Å²) in [5.74, 6) is -0.0670. The summed E-state index contributed by atoms with van der Waals surface area (Å²) < 4.78 is 0. The molecule has 1 aliphatic rings. The molecule has 0 spiro atoms. The first kappa shape index (κ1) is 7.25. The molecule has 0 radical (unpaired) electrons. The van der Waals surface area contributed by atoms with Crippen LogP contribution in [0.25, 0.3) is 0 Å². The Hall–Kier alpha value is -0.860. The SMILES string of the molecule is CC(C)C1CC(=O)NC1=O. The van der Waals surface area contributed by atoms with Crippen molar-refractivity contribution in [3.8, 4) is 0 Å². The van der Waals surface area contributed by atoms with Crippen molar-refractivity contribution >= 4 is 11.8 Å². The fraction of sp³-hybridized carbons (Fsp3) is 0.714. The zero-order chi connectivity index (χ0) is 7.72. The quantitative estimate of drug-likeness (QED) is 0.534. The average Bonchev–Trinajstić information content (AvgIpc) is 2.10. The minimum Gasteiger partial charge on any atom is -0.296 e. The van der Waals surface area contributed by atoms with Crippen molar-refractivity contribution in [3.05, 3.63) is 0 Å². The second kappa shape index (κ2) is 2.40. The first-order valence-corrected chi connectivity index (χ1v) is 3.45. The number of hydrogen-bond donors (Lipinski definition) is 1. The van der Waals surface area contributed by atoms with Crippen LogP contribution in [0.5, 0.6) is 0 Å². The minimum absolute atomic E-state index is 0.0903. The second-order valence-electron chi connectivity index (χ2n) is 2.97. The van der Waals surface area contributed by atoms with E-state index in [9.17, 15) is 9.59 Å². The maximum atomic E-state index is 10.9. The Bertz CT molecular complexity index is 174. The van der Waals surface area contributed by atoms with Gasteiger partial charge in [-0.3, -0.25) is 14.9 Å². The Kier molecular flexibility index (Phi) is 1.74. The lowest BCUT2D eigenvalue weighted by Gasteiger charge is -2.07. The highest BCUT2D eigenvalue weighted by Gasteiger charge is 2.32. The van der Waals surface area contributed by atoms with Crippen molar-refractivity contribution in [3.63, 3.8) is 0 Å². The molecular formula is C7H11NO2. The number of imide groups is 1. The van der Waals surface area contributed by atoms with Crippen LogP contribution in [0, 0.1) is 11.8 Å². The summed E-state index contributed by atoms with van der Waals surface area (Å²) in [6, 6.07) is 0. The molecule has 1 fully saturated rings. The molecule has 1 saturated heterocycles. The second-order valence-corrected chi connectivity index (χ2v) is 2.97. The lowest BCUT2D eigenvalue weighted by molar-refractivity contribution is -0.126. The maximum absolute atomic E-state index is 10.9. The Morgan fingerprint density at radius 1 is 1.50 bits per heavy atom. The van der Waals surface area contributed by atoms with Crippen LogP contribution >= 0.6 is 0 Å². The van der Waals surface area contributed by atoms with E-state index >= 15 is 0 Å². The van der Waals surface area contributed by atoms with Crippen LogP contribution in [0.1, 0.15) is 20.3 Å². The molecule has 1 atom stereocenters. The van der Waals surface area contributed by atoms with Crippen LogP contribution < -0.4 is 5.32 Å². The summed E-state index contributed by atoms with van der Waals surface area (Å²) in [5, 5.41) is 2.27. The maximum Gasteiger partial charge on any atom is 0.230 e. The lowest BCUT2D eigenvalue weighted by Crippen LogP contribution is -2.24. The molecule has 0 aromatic carbocycles. The number of hydrogen-bond acceptors (Lipinski definition) is 2. The van der Waals surface area contributed by atoms with Gasteiger partial charge in [-0.25, -0.2) is 0 Å². The van der Waals surface area contributed by atoms with Crippen molar-refractivity contribution in [2.75, 3.05) is 0 Å². The van der Waals surface area contributed by atoms with Crippen molar-refractivity contribution in [1.82, 2.24) is 5.32 Å². The topological polar surface area (TPSA) is 46.2 Å². The summed E-state index contributed by atoms with van der Waals surface area (Å²) in [6.45, 7) is 3.89. The largest absolute Gasteiger partial charge is 0.296 e. The highest BCUT2D eigenvalue weighted by molar-refractivity contribution is 6.03. The fourth-order valence-corrected chi connectivity index (χ4v) is 1.11. The van der Waals surface area contributed by atoms with Crippen LogP contribution in [0.15, 0.2) is 0 Å². The summed E-state index contributed by atoms with van der Waals surface area (Å²) in [6.07, 6.45) is 0.372. The van der Waals surface area contributed by atoms with E-state index in [4.69, 9.17) is 0 Å². The van der Waals surface area contributed by atoms with Crippen LogP contribution in [0.3, 0.4) is 0 Å². The molecule has 2 amide bonds. The first-order valence-electron chi connectivity index (χ1n) is 3.45. The van der Waals surface area contributed by atoms with Gasteiger partial charge in [-0.1, -0.05) is 13.8 Å². The molecule has 0 saturated carbocycles. The fourth-order valence-electron chi connectivity index (χ4n) is 1.11. The summed E-state index contributed by atoms with van der Waals surface area (Å²) in [5.41, 5.74) is 0. The van der Waals surface area contributed by atoms with Gasteiger partial charge in [0.2, 0.25) is 11.8 Å². The lowest BCUT2D eigenvalue weighted by atomic mass is 9.95. The van der Waals surface area contributed by atoms with Gasteiger partial charge in [0, 0.05) is 12.3 Å². The van der Waals surface area contributed by atoms with E-state index in [1.807, 2.05) is 13.8 Å². The van der Waals surface area contributed by atoms with Gasteiger partial charge in [-0.05, 0) is 5.92 Å². The third kappa shape index (κ3) is 1.17. The number of nitrogens with one attached hydrogen (secondary N) is 1. The third-order valence-electron chi connectivity index (χ3n) is 1.81. The van der Waals surface area contributed by atoms with Gasteiger partial charge in [0.25, 0.3) is 0 Å². The highest BCUT2D eigenvalue weighted by atomic mass is 16.2. The summed E-state index contributed by atoms with van der Waals surface area (Å²) in [4.78, 5) is 21.5. The Morgan fingerprint density at radius 2 is 2.10 bits per heavy atom. The van der Waals surface area contributed by atoms with Crippen molar-refractivity contribution < 1.29 is 9.59 Å². The predicted octanol–water partition coefficient (Wildman–Crippen LogP) is 0.305. The molecule has 0 aliphatic carbocycles. The third-order valence-corrected chi connectivity index (χ3v) is 1.81. The average molecular weight is 141 g/mol. The van der Waals surface area contributed by atoms with E-state index in [0.717, 1.165) is 0 Å². The molecule has 0 bridgehead atoms. The van der Waals surface area contributed by atoms with E-state index in [0.29, 0.717) is 6.42 Å². The monoisotopic (exact) mass is 141 g/mol. The Morgan fingerprint density at radius 3 is 2.30 bits per heavy atom. The van der Waals surface area contributed by atoms with Gasteiger partial charge in [-0.15, -0.1) is 0 Å². The zero-order valence-electron chi connectivity index (χ0n) is 6.18. The molecule has 0 aromatic rings. The van der Waals surface area contributed by atoms with E-state index in [1.54, 1.807) is 0 Å². The molecular weight excluding hydrogens is 130 g/mol. The molecule has 1 unspecified atom stereocenters. The van der Waals surface area contributed by atoms with Crippen molar-refractivity contribution in [2.24, 2.45) is 11.8 Å². The van der Waals surface area contributed by atoms with Gasteiger partial charge in [0.1, 0.15) is 0 Å². The Balaban J connectivity index is 2.63. The summed E-state index contributed by atoms with van der Waals surface area (Å²) in [7, 11) is 0. The molecule has 1 heterocycles. The van der Waals surface area contributed by atoms with Gasteiger partial charge >= 0.3 is 0 Å². The number of amides is 2. The molecule has 10 heavy (non-hydrogen) atoms. The van der Waals surface area contributed by atoms with Gasteiger partial charge in [0.05, 0.1) is 0 Å². The molecule has 0 aromatic heterocycles. The van der Waals surface area contributed by atoms with Crippen molar-refractivity contribution in [1.29, 1.82) is 0 Å². The van der Waals surface area contributed by atoms with Gasteiger partial charge < -0.3 is 0 Å². The van der Waals surface area contributed by atoms with E-state index < -0.39 is 0 Å². The standard InChI is InChI=1S/C7H11NO2/c1-4(2)5-3-6(9)8-7(5)10/h4-5H,3H2,1-2H3,(H,8,9,10). The number of carbonyl (C=O) groups excluding carboxylic acids is 2. The van der Waals surface area contributed by atoms with E-state index in [-0.39, 0.29) is 23.7 Å². The first-order chi connectivity index (χ1) is 4.61. The molecule has 1 N–H and O–H groups in total. The number of rotatable bonds is 1. The predicted molar refractivity (Wildman–Crippen MR) is 36.1 cm³/mol. The van der Waals surface area contributed by atoms with Crippen LogP contribution in [-0.2, 0) is 9.59 Å². The normalized spacial score (nSPS) is 25.7.